The Kier molecular flexibility index (Phi) is 4.12. The summed E-state index contributed by atoms with van der Waals surface area (Å²) < 4.78 is 0. The summed E-state index contributed by atoms with van der Waals surface area (Å²) in [5.74, 6) is -0.225. The highest BCUT2D eigenvalue weighted by Gasteiger charge is 2.68. The lowest BCUT2D eigenvalue weighted by atomic mass is 9.45. The quantitative estimate of drug-likeness (QED) is 0.687. The zero-order valence-electron chi connectivity index (χ0n) is 16.4. The first-order valence-electron chi connectivity index (χ1n) is 10.1. The highest BCUT2D eigenvalue weighted by molar-refractivity contribution is 6.02. The van der Waals surface area contributed by atoms with E-state index in [9.17, 15) is 24.9 Å². The van der Waals surface area contributed by atoms with E-state index in [1.54, 1.807) is 12.2 Å². The molecule has 0 amide bonds. The van der Waals surface area contributed by atoms with Crippen LogP contribution in [0.15, 0.2) is 23.3 Å². The number of carbonyl (C=O) groups excluding carboxylic acids is 2. The molecule has 3 N–H and O–H groups in total. The number of ketones is 2. The predicted octanol–water partition coefficient (Wildman–Crippen LogP) is 1.95. The third kappa shape index (κ3) is 2.22. The molecule has 0 aromatic carbocycles. The number of hydrogen-bond acceptors (Lipinski definition) is 5. The van der Waals surface area contributed by atoms with Crippen molar-refractivity contribution in [2.75, 3.05) is 6.61 Å². The first-order chi connectivity index (χ1) is 12.6. The van der Waals surface area contributed by atoms with E-state index in [1.807, 2.05) is 13.8 Å². The summed E-state index contributed by atoms with van der Waals surface area (Å²) in [5.41, 5.74) is -0.534. The van der Waals surface area contributed by atoms with Gasteiger partial charge < -0.3 is 15.3 Å². The maximum atomic E-state index is 12.4. The van der Waals surface area contributed by atoms with Crippen LogP contribution < -0.4 is 0 Å². The van der Waals surface area contributed by atoms with E-state index in [0.29, 0.717) is 12.8 Å². The van der Waals surface area contributed by atoms with Crippen molar-refractivity contribution in [3.05, 3.63) is 23.3 Å². The van der Waals surface area contributed by atoms with Crippen LogP contribution in [0.1, 0.15) is 52.9 Å². The number of hydrogen-bond donors (Lipinski definition) is 3. The second-order valence-corrected chi connectivity index (χ2v) is 9.61. The van der Waals surface area contributed by atoms with Gasteiger partial charge in [-0.15, -0.1) is 0 Å². The molecule has 27 heavy (non-hydrogen) atoms. The smallest absolute Gasteiger partial charge is 0.190 e. The molecule has 4 rings (SSSR count). The molecule has 0 radical (unpaired) electrons. The van der Waals surface area contributed by atoms with Gasteiger partial charge in [0.15, 0.2) is 11.6 Å². The van der Waals surface area contributed by atoms with Crippen molar-refractivity contribution < 1.29 is 24.9 Å². The molecule has 0 bridgehead atoms. The normalized spacial score (nSPS) is 48.9. The Bertz CT molecular complexity index is 767. The molecular formula is C22H30O5. The molecule has 3 fully saturated rings. The largest absolute Gasteiger partial charge is 0.393 e. The fraction of sp³-hybridized carbons (Fsp3) is 0.727. The molecule has 0 spiro atoms. The van der Waals surface area contributed by atoms with Crippen LogP contribution in [0, 0.1) is 28.6 Å². The van der Waals surface area contributed by atoms with Crippen LogP contribution in [-0.2, 0) is 9.59 Å². The van der Waals surface area contributed by atoms with E-state index in [-0.39, 0.29) is 29.0 Å². The van der Waals surface area contributed by atoms with Gasteiger partial charge in [-0.05, 0) is 63.0 Å². The number of fused-ring (bicyclic) bond motifs is 5. The molecule has 7 unspecified atom stereocenters. The summed E-state index contributed by atoms with van der Waals surface area (Å²) in [6.45, 7) is 5.37. The summed E-state index contributed by atoms with van der Waals surface area (Å²) >= 11 is 0. The van der Waals surface area contributed by atoms with E-state index in [4.69, 9.17) is 0 Å². The van der Waals surface area contributed by atoms with Crippen molar-refractivity contribution in [3.63, 3.8) is 0 Å². The molecule has 5 nitrogen and oxygen atoms in total. The van der Waals surface area contributed by atoms with Gasteiger partial charge in [0.2, 0.25) is 0 Å². The Hall–Kier alpha value is -1.30. The lowest BCUT2D eigenvalue weighted by molar-refractivity contribution is -0.179. The van der Waals surface area contributed by atoms with Crippen LogP contribution in [-0.4, -0.2) is 45.2 Å². The van der Waals surface area contributed by atoms with Gasteiger partial charge >= 0.3 is 0 Å². The Labute approximate surface area is 160 Å². The van der Waals surface area contributed by atoms with Crippen molar-refractivity contribution in [3.8, 4) is 0 Å². The van der Waals surface area contributed by atoms with Gasteiger partial charge in [-0.1, -0.05) is 25.0 Å². The monoisotopic (exact) mass is 374 g/mol. The SMILES string of the molecule is CC1=CC(=O)C=C2CCC3C(C(O)CC4(C)C3CCC4(O)C(=O)CO)C12C. The molecule has 5 heteroatoms. The Morgan fingerprint density at radius 3 is 2.63 bits per heavy atom. The van der Waals surface area contributed by atoms with E-state index in [0.717, 1.165) is 30.4 Å². The fourth-order valence-corrected chi connectivity index (χ4v) is 7.27. The molecule has 0 aliphatic heterocycles. The van der Waals surface area contributed by atoms with Crippen molar-refractivity contribution in [2.24, 2.45) is 28.6 Å². The number of rotatable bonds is 2. The highest BCUT2D eigenvalue weighted by atomic mass is 16.3. The highest BCUT2D eigenvalue weighted by Crippen LogP contribution is 2.67. The topological polar surface area (TPSA) is 94.8 Å². The molecule has 3 saturated carbocycles. The number of Topliss-reactive ketones (excluding diaryl/α,β-unsaturated/α-hetero) is 1. The maximum absolute atomic E-state index is 12.4. The van der Waals surface area contributed by atoms with Gasteiger partial charge in [0.25, 0.3) is 0 Å². The summed E-state index contributed by atoms with van der Waals surface area (Å²) in [6, 6.07) is 0. The average Bonchev–Trinajstić information content (AvgIpc) is 2.87. The molecular weight excluding hydrogens is 344 g/mol. The maximum Gasteiger partial charge on any atom is 0.190 e. The van der Waals surface area contributed by atoms with Crippen LogP contribution in [0.2, 0.25) is 0 Å². The molecule has 0 aromatic heterocycles. The van der Waals surface area contributed by atoms with Crippen LogP contribution in [0.5, 0.6) is 0 Å². The van der Waals surface area contributed by atoms with Gasteiger partial charge in [-0.25, -0.2) is 0 Å². The molecule has 0 saturated heterocycles. The Morgan fingerprint density at radius 1 is 1.26 bits per heavy atom. The van der Waals surface area contributed by atoms with Crippen LogP contribution in [0.3, 0.4) is 0 Å². The number of allylic oxidation sites excluding steroid dienone is 4. The van der Waals surface area contributed by atoms with Gasteiger partial charge in [0.05, 0.1) is 6.10 Å². The van der Waals surface area contributed by atoms with Gasteiger partial charge in [0.1, 0.15) is 12.2 Å². The van der Waals surface area contributed by atoms with Crippen molar-refractivity contribution in [2.45, 2.75) is 64.6 Å². The van der Waals surface area contributed by atoms with Gasteiger partial charge in [-0.2, -0.15) is 0 Å². The number of carbonyl (C=O) groups is 2. The minimum Gasteiger partial charge on any atom is -0.393 e. The molecule has 4 aliphatic carbocycles. The number of aliphatic hydroxyl groups is 3. The van der Waals surface area contributed by atoms with Crippen molar-refractivity contribution >= 4 is 11.6 Å². The zero-order chi connectivity index (χ0) is 19.8. The lowest BCUT2D eigenvalue weighted by Crippen LogP contribution is -2.62. The minimum absolute atomic E-state index is 0.0218. The fourth-order valence-electron chi connectivity index (χ4n) is 7.27. The van der Waals surface area contributed by atoms with Crippen LogP contribution >= 0.6 is 0 Å². The Balaban J connectivity index is 1.77. The first kappa shape index (κ1) is 19.0. The van der Waals surface area contributed by atoms with Crippen LogP contribution in [0.25, 0.3) is 0 Å². The standard InChI is InChI=1S/C22H30O5/c1-12-8-14(24)9-13-4-5-15-16-6-7-22(27,18(26)11-23)20(16,2)10-17(25)19(15)21(12,13)3/h8-9,15-17,19,23,25,27H,4-7,10-11H2,1-3H3. The second-order valence-electron chi connectivity index (χ2n) is 9.61. The Morgan fingerprint density at radius 2 is 1.96 bits per heavy atom. The third-order valence-electron chi connectivity index (χ3n) is 8.79. The van der Waals surface area contributed by atoms with Crippen molar-refractivity contribution in [1.29, 1.82) is 0 Å². The van der Waals surface area contributed by atoms with Crippen LogP contribution in [0.4, 0.5) is 0 Å². The summed E-state index contributed by atoms with van der Waals surface area (Å²) in [7, 11) is 0. The molecule has 4 aliphatic rings. The molecule has 0 heterocycles. The van der Waals surface area contributed by atoms with E-state index in [1.165, 1.54) is 0 Å². The third-order valence-corrected chi connectivity index (χ3v) is 8.79. The first-order valence-corrected chi connectivity index (χ1v) is 10.1. The second kappa shape index (κ2) is 5.85. The van der Waals surface area contributed by atoms with Gasteiger partial charge in [0, 0.05) is 16.7 Å². The zero-order valence-corrected chi connectivity index (χ0v) is 16.4. The summed E-state index contributed by atoms with van der Waals surface area (Å²) in [4.78, 5) is 24.4. The minimum atomic E-state index is -1.57. The van der Waals surface area contributed by atoms with E-state index < -0.39 is 29.5 Å². The predicted molar refractivity (Wildman–Crippen MR) is 99.7 cm³/mol. The van der Waals surface area contributed by atoms with Crippen molar-refractivity contribution in [1.82, 2.24) is 0 Å². The average molecular weight is 374 g/mol. The molecule has 0 aromatic rings. The lowest BCUT2D eigenvalue weighted by Gasteiger charge is -2.60. The summed E-state index contributed by atoms with van der Waals surface area (Å²) in [5, 5.41) is 31.9. The summed E-state index contributed by atoms with van der Waals surface area (Å²) in [6.07, 6.45) is 5.83. The molecule has 148 valence electrons. The van der Waals surface area contributed by atoms with E-state index in [2.05, 4.69) is 6.92 Å². The van der Waals surface area contributed by atoms with Gasteiger partial charge in [-0.3, -0.25) is 9.59 Å². The molecule has 7 atom stereocenters. The van der Waals surface area contributed by atoms with E-state index >= 15 is 0 Å². The number of aliphatic hydroxyl groups excluding tert-OH is 2.